The van der Waals surface area contributed by atoms with Crippen molar-refractivity contribution in [2.45, 2.75) is 48.8 Å². The topological polar surface area (TPSA) is 55.1 Å². The van der Waals surface area contributed by atoms with E-state index in [0.29, 0.717) is 6.54 Å². The Morgan fingerprint density at radius 1 is 1.36 bits per heavy atom. The van der Waals surface area contributed by atoms with Crippen LogP contribution in [0.2, 0.25) is 0 Å². The molecule has 2 atom stereocenters. The maximum absolute atomic E-state index is 12.2. The van der Waals surface area contributed by atoms with Crippen LogP contribution in [0.15, 0.2) is 33.6 Å². The van der Waals surface area contributed by atoms with E-state index in [-0.39, 0.29) is 35.0 Å². The number of rotatable bonds is 5. The standard InChI is InChI=1S/C16H23BrN2OS.ClH/c1-16(2,21-14-7-4-12(17)5-8-14)10-19-15(20)11-3-6-13(18)9-11;/h4-5,7-8,11,13H,3,6,9-10,18H2,1-2H3,(H,19,20);1H. The highest BCUT2D eigenvalue weighted by Crippen LogP contribution is 2.33. The van der Waals surface area contributed by atoms with Crippen LogP contribution in [0.4, 0.5) is 0 Å². The van der Waals surface area contributed by atoms with Crippen LogP contribution < -0.4 is 11.1 Å². The lowest BCUT2D eigenvalue weighted by Gasteiger charge is -2.25. The SMILES string of the molecule is CC(C)(CNC(=O)C1CCC(N)C1)Sc1ccc(Br)cc1.Cl. The van der Waals surface area contributed by atoms with Crippen LogP contribution in [-0.2, 0) is 4.79 Å². The van der Waals surface area contributed by atoms with Crippen molar-refractivity contribution in [2.75, 3.05) is 6.54 Å². The molecule has 1 aromatic rings. The van der Waals surface area contributed by atoms with Gasteiger partial charge in [0.05, 0.1) is 0 Å². The second-order valence-corrected chi connectivity index (χ2v) is 9.00. The van der Waals surface area contributed by atoms with E-state index in [9.17, 15) is 4.79 Å². The van der Waals surface area contributed by atoms with Crippen molar-refractivity contribution in [3.05, 3.63) is 28.7 Å². The molecular formula is C16H24BrClN2OS. The Hall–Kier alpha value is -0.230. The summed E-state index contributed by atoms with van der Waals surface area (Å²) >= 11 is 5.22. The van der Waals surface area contributed by atoms with E-state index >= 15 is 0 Å². The molecule has 3 N–H and O–H groups in total. The Morgan fingerprint density at radius 2 is 2.00 bits per heavy atom. The van der Waals surface area contributed by atoms with Gasteiger partial charge in [-0.15, -0.1) is 24.2 Å². The third-order valence-electron chi connectivity index (χ3n) is 3.74. The molecule has 1 saturated carbocycles. The summed E-state index contributed by atoms with van der Waals surface area (Å²) < 4.78 is 1.04. The maximum atomic E-state index is 12.2. The zero-order chi connectivity index (χ0) is 15.5. The second kappa shape index (κ2) is 8.57. The van der Waals surface area contributed by atoms with Gasteiger partial charge >= 0.3 is 0 Å². The van der Waals surface area contributed by atoms with Crippen molar-refractivity contribution in [2.24, 2.45) is 11.7 Å². The summed E-state index contributed by atoms with van der Waals surface area (Å²) in [5, 5.41) is 3.09. The largest absolute Gasteiger partial charge is 0.354 e. The second-order valence-electron chi connectivity index (χ2n) is 6.30. The molecule has 1 aromatic carbocycles. The van der Waals surface area contributed by atoms with Gasteiger partial charge in [-0.1, -0.05) is 15.9 Å². The van der Waals surface area contributed by atoms with Gasteiger partial charge in [0, 0.05) is 32.6 Å². The highest BCUT2D eigenvalue weighted by atomic mass is 79.9. The lowest BCUT2D eigenvalue weighted by atomic mass is 10.1. The molecule has 0 saturated heterocycles. The fraction of sp³-hybridized carbons (Fsp3) is 0.562. The molecule has 0 aliphatic heterocycles. The minimum absolute atomic E-state index is 0. The molecule has 0 spiro atoms. The molecule has 22 heavy (non-hydrogen) atoms. The summed E-state index contributed by atoms with van der Waals surface area (Å²) in [6.45, 7) is 4.97. The number of thioether (sulfide) groups is 1. The lowest BCUT2D eigenvalue weighted by molar-refractivity contribution is -0.124. The number of carbonyl (C=O) groups is 1. The van der Waals surface area contributed by atoms with Crippen LogP contribution in [0.25, 0.3) is 0 Å². The van der Waals surface area contributed by atoms with Gasteiger partial charge in [0.1, 0.15) is 0 Å². The summed E-state index contributed by atoms with van der Waals surface area (Å²) in [5.41, 5.74) is 5.87. The van der Waals surface area contributed by atoms with E-state index in [4.69, 9.17) is 5.73 Å². The van der Waals surface area contributed by atoms with E-state index in [1.165, 1.54) is 4.90 Å². The lowest BCUT2D eigenvalue weighted by Crippen LogP contribution is -2.39. The smallest absolute Gasteiger partial charge is 0.223 e. The first-order valence-electron chi connectivity index (χ1n) is 7.33. The average Bonchev–Trinajstić information content (AvgIpc) is 2.85. The summed E-state index contributed by atoms with van der Waals surface area (Å²) in [4.78, 5) is 13.4. The summed E-state index contributed by atoms with van der Waals surface area (Å²) in [7, 11) is 0. The molecular weight excluding hydrogens is 384 g/mol. The van der Waals surface area contributed by atoms with Crippen LogP contribution in [0.5, 0.6) is 0 Å². The fourth-order valence-electron chi connectivity index (χ4n) is 2.56. The number of benzene rings is 1. The molecule has 0 bridgehead atoms. The average molecular weight is 408 g/mol. The zero-order valence-corrected chi connectivity index (χ0v) is 16.2. The molecule has 124 valence electrons. The molecule has 0 heterocycles. The van der Waals surface area contributed by atoms with E-state index in [2.05, 4.69) is 47.2 Å². The number of halogens is 2. The molecule has 2 rings (SSSR count). The van der Waals surface area contributed by atoms with Gasteiger partial charge in [-0.2, -0.15) is 0 Å². The van der Waals surface area contributed by atoms with Crippen LogP contribution in [0.3, 0.4) is 0 Å². The molecule has 1 aliphatic rings. The minimum Gasteiger partial charge on any atom is -0.354 e. The molecule has 1 fully saturated rings. The highest BCUT2D eigenvalue weighted by Gasteiger charge is 2.29. The minimum atomic E-state index is -0.0375. The predicted octanol–water partition coefficient (Wildman–Crippen LogP) is 3.99. The van der Waals surface area contributed by atoms with Gasteiger partial charge in [0.15, 0.2) is 0 Å². The Labute approximate surface area is 151 Å². The van der Waals surface area contributed by atoms with E-state index in [1.807, 2.05) is 12.1 Å². The monoisotopic (exact) mass is 406 g/mol. The molecule has 1 aliphatic carbocycles. The van der Waals surface area contributed by atoms with E-state index in [0.717, 1.165) is 23.7 Å². The van der Waals surface area contributed by atoms with Crippen LogP contribution in [0, 0.1) is 5.92 Å². The summed E-state index contributed by atoms with van der Waals surface area (Å²) in [5.74, 6) is 0.265. The molecule has 2 unspecified atom stereocenters. The van der Waals surface area contributed by atoms with Crippen molar-refractivity contribution < 1.29 is 4.79 Å². The first-order valence-corrected chi connectivity index (χ1v) is 8.94. The third kappa shape index (κ3) is 6.11. The number of nitrogens with two attached hydrogens (primary N) is 1. The van der Waals surface area contributed by atoms with Crippen molar-refractivity contribution in [3.8, 4) is 0 Å². The number of hydrogen-bond donors (Lipinski definition) is 2. The first-order chi connectivity index (χ1) is 9.85. The number of nitrogens with one attached hydrogen (secondary N) is 1. The van der Waals surface area contributed by atoms with Crippen LogP contribution >= 0.6 is 40.1 Å². The Balaban J connectivity index is 0.00000242. The number of hydrogen-bond acceptors (Lipinski definition) is 3. The van der Waals surface area contributed by atoms with Crippen molar-refractivity contribution in [1.82, 2.24) is 5.32 Å². The normalized spacial score (nSPS) is 21.3. The molecule has 1 amide bonds. The maximum Gasteiger partial charge on any atom is 0.223 e. The van der Waals surface area contributed by atoms with Crippen molar-refractivity contribution in [1.29, 1.82) is 0 Å². The zero-order valence-electron chi connectivity index (χ0n) is 13.0. The Bertz CT molecular complexity index is 495. The Morgan fingerprint density at radius 3 is 2.55 bits per heavy atom. The molecule has 0 aromatic heterocycles. The van der Waals surface area contributed by atoms with Crippen molar-refractivity contribution >= 4 is 46.0 Å². The molecule has 0 radical (unpaired) electrons. The highest BCUT2D eigenvalue weighted by molar-refractivity contribution is 9.10. The van der Waals surface area contributed by atoms with Crippen LogP contribution in [0.1, 0.15) is 33.1 Å². The number of carbonyl (C=O) groups excluding carboxylic acids is 1. The Kier molecular flexibility index (Phi) is 7.72. The van der Waals surface area contributed by atoms with Crippen molar-refractivity contribution in [3.63, 3.8) is 0 Å². The first kappa shape index (κ1) is 19.8. The van der Waals surface area contributed by atoms with Gasteiger partial charge in [-0.05, 0) is 57.4 Å². The van der Waals surface area contributed by atoms with Crippen LogP contribution in [-0.4, -0.2) is 23.2 Å². The van der Waals surface area contributed by atoms with Gasteiger partial charge in [0.2, 0.25) is 5.91 Å². The van der Waals surface area contributed by atoms with E-state index in [1.54, 1.807) is 11.8 Å². The molecule has 6 heteroatoms. The fourth-order valence-corrected chi connectivity index (χ4v) is 3.88. The summed E-state index contributed by atoms with van der Waals surface area (Å²) in [6, 6.07) is 8.46. The van der Waals surface area contributed by atoms with Gasteiger partial charge in [0.25, 0.3) is 0 Å². The summed E-state index contributed by atoms with van der Waals surface area (Å²) in [6.07, 6.45) is 2.72. The van der Waals surface area contributed by atoms with E-state index < -0.39 is 0 Å². The number of amides is 1. The molecule has 3 nitrogen and oxygen atoms in total. The van der Waals surface area contributed by atoms with Gasteiger partial charge < -0.3 is 11.1 Å². The predicted molar refractivity (Wildman–Crippen MR) is 99.7 cm³/mol. The van der Waals surface area contributed by atoms with Gasteiger partial charge in [-0.25, -0.2) is 0 Å². The third-order valence-corrected chi connectivity index (χ3v) is 5.47. The van der Waals surface area contributed by atoms with Gasteiger partial charge in [-0.3, -0.25) is 4.79 Å². The quantitative estimate of drug-likeness (QED) is 0.726.